The van der Waals surface area contributed by atoms with Crippen LogP contribution in [0.4, 0.5) is 10.5 Å². The van der Waals surface area contributed by atoms with E-state index in [0.717, 1.165) is 27.8 Å². The molecule has 3 amide bonds. The summed E-state index contributed by atoms with van der Waals surface area (Å²) in [6.45, 7) is 1.56. The maximum absolute atomic E-state index is 12.7. The first-order chi connectivity index (χ1) is 15.4. The molecule has 32 heavy (non-hydrogen) atoms. The summed E-state index contributed by atoms with van der Waals surface area (Å²) in [5.74, 6) is -0.0368. The molecule has 1 fully saturated rings. The minimum absolute atomic E-state index is 0.180. The average molecular weight is 443 g/mol. The van der Waals surface area contributed by atoms with Crippen molar-refractivity contribution in [3.63, 3.8) is 0 Å². The van der Waals surface area contributed by atoms with Gasteiger partial charge in [-0.3, -0.25) is 19.3 Å². The maximum atomic E-state index is 12.7. The van der Waals surface area contributed by atoms with Crippen LogP contribution in [0.5, 0.6) is 0 Å². The second kappa shape index (κ2) is 8.96. The highest BCUT2D eigenvalue weighted by molar-refractivity contribution is 8.18. The van der Waals surface area contributed by atoms with Crippen LogP contribution in [0.15, 0.2) is 70.0 Å². The van der Waals surface area contributed by atoms with Gasteiger partial charge in [0.2, 0.25) is 5.91 Å². The van der Waals surface area contributed by atoms with Gasteiger partial charge >= 0.3 is 0 Å². The first-order valence-corrected chi connectivity index (χ1v) is 10.5. The SMILES string of the molecule is Cc1ccc(NC(=O)CN2C(=O)S/C(=C\c3ccc(-c4ccc(C#N)cc4)o3)C2=O)cc1. The Hall–Kier alpha value is -4.09. The Morgan fingerprint density at radius 1 is 1.09 bits per heavy atom. The molecule has 0 unspecified atom stereocenters. The van der Waals surface area contributed by atoms with Crippen molar-refractivity contribution in [1.29, 1.82) is 5.26 Å². The van der Waals surface area contributed by atoms with Gasteiger partial charge in [0.1, 0.15) is 18.1 Å². The minimum Gasteiger partial charge on any atom is -0.457 e. The highest BCUT2D eigenvalue weighted by atomic mass is 32.2. The van der Waals surface area contributed by atoms with Crippen molar-refractivity contribution in [3.8, 4) is 17.4 Å². The second-order valence-corrected chi connectivity index (χ2v) is 8.07. The monoisotopic (exact) mass is 443 g/mol. The molecule has 0 aliphatic carbocycles. The molecule has 0 radical (unpaired) electrons. The largest absolute Gasteiger partial charge is 0.457 e. The zero-order valence-corrected chi connectivity index (χ0v) is 17.8. The maximum Gasteiger partial charge on any atom is 0.294 e. The molecular formula is C24H17N3O4S. The van der Waals surface area contributed by atoms with E-state index in [-0.39, 0.29) is 11.4 Å². The third-order valence-electron chi connectivity index (χ3n) is 4.71. The minimum atomic E-state index is -0.546. The molecule has 0 atom stereocenters. The van der Waals surface area contributed by atoms with Gasteiger partial charge in [-0.15, -0.1) is 0 Å². The lowest BCUT2D eigenvalue weighted by Gasteiger charge is -2.12. The topological polar surface area (TPSA) is 103 Å². The number of nitrogens with one attached hydrogen (secondary N) is 1. The summed E-state index contributed by atoms with van der Waals surface area (Å²) in [5.41, 5.74) is 2.97. The highest BCUT2D eigenvalue weighted by Gasteiger charge is 2.36. The van der Waals surface area contributed by atoms with Gasteiger partial charge in [0.25, 0.3) is 11.1 Å². The number of nitriles is 1. The summed E-state index contributed by atoms with van der Waals surface area (Å²) in [6.07, 6.45) is 1.48. The van der Waals surface area contributed by atoms with E-state index in [0.29, 0.717) is 22.8 Å². The normalized spacial score (nSPS) is 14.6. The van der Waals surface area contributed by atoms with Gasteiger partial charge in [0.05, 0.1) is 16.5 Å². The number of aryl methyl sites for hydroxylation is 1. The number of anilines is 1. The van der Waals surface area contributed by atoms with Crippen LogP contribution in [0, 0.1) is 18.3 Å². The number of carbonyl (C=O) groups excluding carboxylic acids is 3. The quantitative estimate of drug-likeness (QED) is 0.568. The molecule has 7 nitrogen and oxygen atoms in total. The zero-order chi connectivity index (χ0) is 22.7. The zero-order valence-electron chi connectivity index (χ0n) is 17.0. The van der Waals surface area contributed by atoms with E-state index in [9.17, 15) is 14.4 Å². The summed E-state index contributed by atoms with van der Waals surface area (Å²) in [5, 5.41) is 11.1. The van der Waals surface area contributed by atoms with Crippen molar-refractivity contribution >= 4 is 40.6 Å². The average Bonchev–Trinajstić information content (AvgIpc) is 3.36. The van der Waals surface area contributed by atoms with Crippen molar-refractivity contribution in [3.05, 3.63) is 82.5 Å². The number of hydrogen-bond acceptors (Lipinski definition) is 6. The van der Waals surface area contributed by atoms with Gasteiger partial charge in [-0.2, -0.15) is 5.26 Å². The summed E-state index contributed by atoms with van der Waals surface area (Å²) < 4.78 is 5.76. The number of amides is 3. The number of thioether (sulfide) groups is 1. The number of hydrogen-bond donors (Lipinski definition) is 1. The third kappa shape index (κ3) is 4.63. The van der Waals surface area contributed by atoms with E-state index < -0.39 is 17.1 Å². The number of carbonyl (C=O) groups is 3. The number of furan rings is 1. The first kappa shape index (κ1) is 21.2. The molecule has 0 saturated carbocycles. The van der Waals surface area contributed by atoms with Crippen molar-refractivity contribution in [2.24, 2.45) is 0 Å². The second-order valence-electron chi connectivity index (χ2n) is 7.07. The third-order valence-corrected chi connectivity index (χ3v) is 5.62. The van der Waals surface area contributed by atoms with E-state index in [2.05, 4.69) is 11.4 Å². The Labute approximate surface area is 188 Å². The van der Waals surface area contributed by atoms with E-state index in [1.807, 2.05) is 19.1 Å². The number of nitrogens with zero attached hydrogens (tertiary/aromatic N) is 2. The molecule has 0 spiro atoms. The fourth-order valence-corrected chi connectivity index (χ4v) is 3.86. The van der Waals surface area contributed by atoms with Crippen LogP contribution in [0.3, 0.4) is 0 Å². The fourth-order valence-electron chi connectivity index (χ4n) is 3.04. The molecule has 2 aromatic carbocycles. The lowest BCUT2D eigenvalue weighted by Crippen LogP contribution is -2.36. The van der Waals surface area contributed by atoms with Gasteiger partial charge < -0.3 is 9.73 Å². The van der Waals surface area contributed by atoms with Gasteiger partial charge in [-0.25, -0.2) is 0 Å². The van der Waals surface area contributed by atoms with Crippen LogP contribution in [0.25, 0.3) is 17.4 Å². The summed E-state index contributed by atoms with van der Waals surface area (Å²) in [6, 6.07) is 19.6. The molecular weight excluding hydrogens is 426 g/mol. The van der Waals surface area contributed by atoms with E-state index in [4.69, 9.17) is 9.68 Å². The van der Waals surface area contributed by atoms with Crippen LogP contribution in [0.2, 0.25) is 0 Å². The number of imide groups is 1. The van der Waals surface area contributed by atoms with Crippen LogP contribution >= 0.6 is 11.8 Å². The highest BCUT2D eigenvalue weighted by Crippen LogP contribution is 2.33. The van der Waals surface area contributed by atoms with Gasteiger partial charge in [-0.05, 0) is 67.2 Å². The molecule has 1 aliphatic rings. The standard InChI is InChI=1S/C24H17N3O4S/c1-15-2-8-18(9-3-15)26-22(28)14-27-23(29)21(32-24(27)30)12-19-10-11-20(31-19)17-6-4-16(13-25)5-7-17/h2-12H,14H2,1H3,(H,26,28)/b21-12-. The molecule has 158 valence electrons. The summed E-state index contributed by atoms with van der Waals surface area (Å²) in [7, 11) is 0. The van der Waals surface area contributed by atoms with Gasteiger partial charge in [0.15, 0.2) is 0 Å². The predicted molar refractivity (Wildman–Crippen MR) is 121 cm³/mol. The predicted octanol–water partition coefficient (Wildman–Crippen LogP) is 4.80. The smallest absolute Gasteiger partial charge is 0.294 e. The number of benzene rings is 2. The van der Waals surface area contributed by atoms with Crippen LogP contribution in [-0.2, 0) is 9.59 Å². The summed E-state index contributed by atoms with van der Waals surface area (Å²) >= 11 is 0.759. The number of rotatable bonds is 5. The first-order valence-electron chi connectivity index (χ1n) is 9.65. The van der Waals surface area contributed by atoms with Crippen molar-refractivity contribution in [2.75, 3.05) is 11.9 Å². The Morgan fingerprint density at radius 2 is 1.81 bits per heavy atom. The Bertz CT molecular complexity index is 1270. The molecule has 3 aromatic rings. The lowest BCUT2D eigenvalue weighted by atomic mass is 10.1. The Kier molecular flexibility index (Phi) is 5.92. The van der Waals surface area contributed by atoms with Crippen LogP contribution in [0.1, 0.15) is 16.9 Å². The molecule has 1 saturated heterocycles. The van der Waals surface area contributed by atoms with E-state index in [1.54, 1.807) is 48.5 Å². The Balaban J connectivity index is 1.44. The van der Waals surface area contributed by atoms with E-state index in [1.165, 1.54) is 6.08 Å². The van der Waals surface area contributed by atoms with Gasteiger partial charge in [0, 0.05) is 17.3 Å². The molecule has 1 aliphatic heterocycles. The van der Waals surface area contributed by atoms with Crippen molar-refractivity contribution < 1.29 is 18.8 Å². The molecule has 4 rings (SSSR count). The van der Waals surface area contributed by atoms with Crippen LogP contribution in [-0.4, -0.2) is 28.5 Å². The molecule has 1 N–H and O–H groups in total. The fraction of sp³-hybridized carbons (Fsp3) is 0.0833. The molecule has 1 aromatic heterocycles. The lowest BCUT2D eigenvalue weighted by molar-refractivity contribution is -0.127. The van der Waals surface area contributed by atoms with Gasteiger partial charge in [-0.1, -0.05) is 17.7 Å². The molecule has 0 bridgehead atoms. The molecule has 8 heteroatoms. The molecule has 2 heterocycles. The van der Waals surface area contributed by atoms with Crippen molar-refractivity contribution in [2.45, 2.75) is 6.92 Å². The van der Waals surface area contributed by atoms with Crippen molar-refractivity contribution in [1.82, 2.24) is 4.90 Å². The summed E-state index contributed by atoms with van der Waals surface area (Å²) in [4.78, 5) is 38.3. The van der Waals surface area contributed by atoms with Crippen LogP contribution < -0.4 is 5.32 Å². The van der Waals surface area contributed by atoms with E-state index >= 15 is 0 Å². The Morgan fingerprint density at radius 3 is 2.50 bits per heavy atom.